The van der Waals surface area contributed by atoms with Gasteiger partial charge < -0.3 is 15.5 Å². The van der Waals surface area contributed by atoms with E-state index in [1.165, 1.54) is 18.7 Å². The molecule has 3 aromatic rings. The van der Waals surface area contributed by atoms with Crippen LogP contribution in [0.25, 0.3) is 0 Å². The number of amides is 2. The number of ketones is 1. The van der Waals surface area contributed by atoms with Crippen molar-refractivity contribution in [3.8, 4) is 0 Å². The Hall–Kier alpha value is -3.40. The Morgan fingerprint density at radius 3 is 2.66 bits per heavy atom. The lowest BCUT2D eigenvalue weighted by Crippen LogP contribution is -2.14. The molecule has 0 aliphatic rings. The minimum Gasteiger partial charge on any atom is -0.467 e. The van der Waals surface area contributed by atoms with Gasteiger partial charge in [0.15, 0.2) is 10.9 Å². The molecule has 0 radical (unpaired) electrons. The first-order valence-corrected chi connectivity index (χ1v) is 11.2. The van der Waals surface area contributed by atoms with E-state index in [9.17, 15) is 14.4 Å². The summed E-state index contributed by atoms with van der Waals surface area (Å²) in [6.07, 6.45) is 3.09. The highest BCUT2D eigenvalue weighted by atomic mass is 32.2. The van der Waals surface area contributed by atoms with Gasteiger partial charge in [-0.3, -0.25) is 19.0 Å². The zero-order valence-electron chi connectivity index (χ0n) is 17.7. The van der Waals surface area contributed by atoms with E-state index >= 15 is 0 Å². The van der Waals surface area contributed by atoms with Gasteiger partial charge in [0.05, 0.1) is 18.5 Å². The van der Waals surface area contributed by atoms with Crippen LogP contribution in [0.15, 0.2) is 52.2 Å². The first kappa shape index (κ1) is 23.3. The maximum atomic E-state index is 12.3. The predicted molar refractivity (Wildman–Crippen MR) is 120 cm³/mol. The number of furan rings is 1. The number of aromatic nitrogens is 3. The highest BCUT2D eigenvalue weighted by molar-refractivity contribution is 7.99. The van der Waals surface area contributed by atoms with Crippen molar-refractivity contribution in [1.29, 1.82) is 0 Å². The Morgan fingerprint density at radius 2 is 1.94 bits per heavy atom. The SMILES string of the molecule is CC(=O)c1ccccc1NC(=O)CCCSc1nnc(CCC(N)=O)n1Cc1ccco1. The van der Waals surface area contributed by atoms with Gasteiger partial charge in [-0.25, -0.2) is 0 Å². The fourth-order valence-corrected chi connectivity index (χ4v) is 3.97. The summed E-state index contributed by atoms with van der Waals surface area (Å²) in [7, 11) is 0. The number of nitrogens with two attached hydrogens (primary N) is 1. The van der Waals surface area contributed by atoms with E-state index in [0.29, 0.717) is 53.8 Å². The predicted octanol–water partition coefficient (Wildman–Crippen LogP) is 3.05. The zero-order chi connectivity index (χ0) is 22.9. The standard InChI is InChI=1S/C22H25N5O4S/c1-15(28)17-7-2-3-8-18(17)24-21(30)9-5-13-32-22-26-25-20(11-10-19(23)29)27(22)14-16-6-4-12-31-16/h2-4,6-8,12H,5,9-11,13-14H2,1H3,(H2,23,29)(H,24,30). The minimum atomic E-state index is -0.399. The monoisotopic (exact) mass is 455 g/mol. The number of carbonyl (C=O) groups excluding carboxylic acids is 3. The second-order valence-electron chi connectivity index (χ2n) is 7.13. The maximum Gasteiger partial charge on any atom is 0.224 e. The van der Waals surface area contributed by atoms with Crippen molar-refractivity contribution in [1.82, 2.24) is 14.8 Å². The Bertz CT molecular complexity index is 1080. The molecule has 3 N–H and O–H groups in total. The number of nitrogens with one attached hydrogen (secondary N) is 1. The van der Waals surface area contributed by atoms with E-state index in [1.807, 2.05) is 10.6 Å². The number of thioether (sulfide) groups is 1. The summed E-state index contributed by atoms with van der Waals surface area (Å²) < 4.78 is 7.33. The molecular weight excluding hydrogens is 430 g/mol. The first-order chi connectivity index (χ1) is 15.4. The largest absolute Gasteiger partial charge is 0.467 e. The number of benzene rings is 1. The van der Waals surface area contributed by atoms with E-state index in [0.717, 1.165) is 5.76 Å². The molecule has 1 aromatic carbocycles. The molecule has 0 fully saturated rings. The molecule has 32 heavy (non-hydrogen) atoms. The number of primary amides is 1. The molecule has 0 atom stereocenters. The summed E-state index contributed by atoms with van der Waals surface area (Å²) in [5, 5.41) is 11.9. The number of nitrogens with zero attached hydrogens (tertiary/aromatic N) is 3. The fraction of sp³-hybridized carbons (Fsp3) is 0.318. The number of hydrogen-bond donors (Lipinski definition) is 2. The number of hydrogen-bond acceptors (Lipinski definition) is 7. The van der Waals surface area contributed by atoms with Gasteiger partial charge in [-0.15, -0.1) is 10.2 Å². The minimum absolute atomic E-state index is 0.0977. The number of aryl methyl sites for hydroxylation is 1. The van der Waals surface area contributed by atoms with Crippen LogP contribution in [0.4, 0.5) is 5.69 Å². The van der Waals surface area contributed by atoms with E-state index < -0.39 is 5.91 Å². The zero-order valence-corrected chi connectivity index (χ0v) is 18.6. The average molecular weight is 456 g/mol. The number of para-hydroxylation sites is 1. The average Bonchev–Trinajstić information content (AvgIpc) is 3.40. The maximum absolute atomic E-state index is 12.3. The molecule has 0 unspecified atom stereocenters. The topological polar surface area (TPSA) is 133 Å². The summed E-state index contributed by atoms with van der Waals surface area (Å²) in [6.45, 7) is 1.91. The molecule has 2 amide bonds. The molecule has 0 saturated heterocycles. The van der Waals surface area contributed by atoms with Crippen LogP contribution in [0.5, 0.6) is 0 Å². The number of carbonyl (C=O) groups is 3. The molecule has 0 spiro atoms. The molecule has 0 saturated carbocycles. The summed E-state index contributed by atoms with van der Waals surface area (Å²) >= 11 is 1.48. The normalized spacial score (nSPS) is 10.8. The van der Waals surface area contributed by atoms with Crippen LogP contribution in [0.2, 0.25) is 0 Å². The highest BCUT2D eigenvalue weighted by Gasteiger charge is 2.15. The van der Waals surface area contributed by atoms with Crippen molar-refractivity contribution < 1.29 is 18.8 Å². The Morgan fingerprint density at radius 1 is 1.12 bits per heavy atom. The summed E-state index contributed by atoms with van der Waals surface area (Å²) in [4.78, 5) is 35.2. The van der Waals surface area contributed by atoms with Crippen molar-refractivity contribution in [2.24, 2.45) is 5.73 Å². The molecule has 0 bridgehead atoms. The van der Waals surface area contributed by atoms with E-state index in [2.05, 4.69) is 15.5 Å². The lowest BCUT2D eigenvalue weighted by atomic mass is 10.1. The lowest BCUT2D eigenvalue weighted by Gasteiger charge is -2.09. The van der Waals surface area contributed by atoms with Crippen molar-refractivity contribution in [3.63, 3.8) is 0 Å². The van der Waals surface area contributed by atoms with Crippen LogP contribution in [0.3, 0.4) is 0 Å². The van der Waals surface area contributed by atoms with Crippen molar-refractivity contribution >= 4 is 35.0 Å². The molecule has 0 aliphatic heterocycles. The molecule has 10 heteroatoms. The van der Waals surface area contributed by atoms with Crippen LogP contribution >= 0.6 is 11.8 Å². The lowest BCUT2D eigenvalue weighted by molar-refractivity contribution is -0.118. The summed E-state index contributed by atoms with van der Waals surface area (Å²) in [5.74, 6) is 1.40. The van der Waals surface area contributed by atoms with Crippen molar-refractivity contribution in [2.45, 2.75) is 44.3 Å². The van der Waals surface area contributed by atoms with Gasteiger partial charge in [0.25, 0.3) is 0 Å². The first-order valence-electron chi connectivity index (χ1n) is 10.2. The second kappa shape index (κ2) is 11.3. The van der Waals surface area contributed by atoms with Crippen LogP contribution < -0.4 is 11.1 Å². The summed E-state index contributed by atoms with van der Waals surface area (Å²) in [6, 6.07) is 10.6. The van der Waals surface area contributed by atoms with Gasteiger partial charge >= 0.3 is 0 Å². The van der Waals surface area contributed by atoms with Gasteiger partial charge in [-0.1, -0.05) is 23.9 Å². The molecular formula is C22H25N5O4S. The number of rotatable bonds is 12. The molecule has 9 nitrogen and oxygen atoms in total. The van der Waals surface area contributed by atoms with Gasteiger partial charge in [-0.05, 0) is 37.6 Å². The van der Waals surface area contributed by atoms with Crippen LogP contribution in [-0.2, 0) is 22.6 Å². The third-order valence-corrected chi connectivity index (χ3v) is 5.70. The molecule has 2 heterocycles. The third kappa shape index (κ3) is 6.55. The molecule has 2 aromatic heterocycles. The Labute approximate surface area is 189 Å². The Balaban J connectivity index is 1.55. The Kier molecular flexibility index (Phi) is 8.20. The van der Waals surface area contributed by atoms with Crippen LogP contribution in [0.1, 0.15) is 48.1 Å². The van der Waals surface area contributed by atoms with E-state index in [1.54, 1.807) is 36.6 Å². The molecule has 0 aliphatic carbocycles. The summed E-state index contributed by atoms with van der Waals surface area (Å²) in [5.41, 5.74) is 6.28. The van der Waals surface area contributed by atoms with Crippen molar-refractivity contribution in [3.05, 3.63) is 59.8 Å². The fourth-order valence-electron chi connectivity index (χ4n) is 3.07. The van der Waals surface area contributed by atoms with Crippen molar-refractivity contribution in [2.75, 3.05) is 11.1 Å². The van der Waals surface area contributed by atoms with E-state index in [4.69, 9.17) is 10.2 Å². The van der Waals surface area contributed by atoms with Gasteiger partial charge in [0.1, 0.15) is 11.6 Å². The number of anilines is 1. The van der Waals surface area contributed by atoms with Gasteiger partial charge in [-0.2, -0.15) is 0 Å². The van der Waals surface area contributed by atoms with Gasteiger partial charge in [0.2, 0.25) is 11.8 Å². The molecule has 168 valence electrons. The van der Waals surface area contributed by atoms with Crippen LogP contribution in [0, 0.1) is 0 Å². The quantitative estimate of drug-likeness (QED) is 0.244. The highest BCUT2D eigenvalue weighted by Crippen LogP contribution is 2.22. The van der Waals surface area contributed by atoms with E-state index in [-0.39, 0.29) is 18.1 Å². The van der Waals surface area contributed by atoms with Gasteiger partial charge in [0, 0.05) is 30.6 Å². The molecule has 3 rings (SSSR count). The van der Waals surface area contributed by atoms with Crippen LogP contribution in [-0.4, -0.2) is 38.1 Å². The number of Topliss-reactive ketones (excluding diaryl/α,β-unsaturated/α-hetero) is 1. The third-order valence-electron chi connectivity index (χ3n) is 4.64. The smallest absolute Gasteiger partial charge is 0.224 e. The second-order valence-corrected chi connectivity index (χ2v) is 8.19.